The van der Waals surface area contributed by atoms with Crippen molar-refractivity contribution < 1.29 is 26.7 Å². The van der Waals surface area contributed by atoms with Crippen LogP contribution in [0.2, 0.25) is 0 Å². The van der Waals surface area contributed by atoms with E-state index in [0.717, 1.165) is 12.3 Å². The summed E-state index contributed by atoms with van der Waals surface area (Å²) in [5, 5.41) is 9.42. The van der Waals surface area contributed by atoms with Gasteiger partial charge < -0.3 is 9.67 Å². The SMILES string of the molecule is CC(C)c1cn(-c2ccc(-c3cc(F)c(CO)c(S(C)(=O)=O)c3)cc2F)c(Cc2ccccc2F)n1. The summed E-state index contributed by atoms with van der Waals surface area (Å²) < 4.78 is 70.2. The van der Waals surface area contributed by atoms with Crippen LogP contribution in [0.3, 0.4) is 0 Å². The van der Waals surface area contributed by atoms with Crippen molar-refractivity contribution in [1.82, 2.24) is 9.55 Å². The fraction of sp³-hybridized carbons (Fsp3) is 0.222. The number of aliphatic hydroxyl groups is 1. The third-order valence-corrected chi connectivity index (χ3v) is 7.11. The van der Waals surface area contributed by atoms with Crippen molar-refractivity contribution in [1.29, 1.82) is 0 Å². The molecule has 3 aromatic carbocycles. The van der Waals surface area contributed by atoms with Crippen LogP contribution in [-0.2, 0) is 22.9 Å². The van der Waals surface area contributed by atoms with E-state index in [-0.39, 0.29) is 45.4 Å². The quantitative estimate of drug-likeness (QED) is 0.350. The van der Waals surface area contributed by atoms with Crippen molar-refractivity contribution in [2.45, 2.75) is 37.7 Å². The number of benzene rings is 3. The van der Waals surface area contributed by atoms with Gasteiger partial charge in [0.2, 0.25) is 0 Å². The lowest BCUT2D eigenvalue weighted by atomic mass is 10.0. The lowest BCUT2D eigenvalue weighted by Crippen LogP contribution is -2.06. The van der Waals surface area contributed by atoms with E-state index in [0.29, 0.717) is 17.1 Å². The molecule has 0 fully saturated rings. The molecule has 0 amide bonds. The summed E-state index contributed by atoms with van der Waals surface area (Å²) in [6.07, 6.45) is 2.76. The van der Waals surface area contributed by atoms with E-state index in [2.05, 4.69) is 4.98 Å². The molecular formula is C27H25F3N2O3S. The van der Waals surface area contributed by atoms with Crippen molar-refractivity contribution in [3.8, 4) is 16.8 Å². The van der Waals surface area contributed by atoms with Gasteiger partial charge in [-0.3, -0.25) is 0 Å². The Morgan fingerprint density at radius 2 is 1.64 bits per heavy atom. The normalized spacial score (nSPS) is 11.9. The zero-order chi connectivity index (χ0) is 26.2. The van der Waals surface area contributed by atoms with E-state index in [4.69, 9.17) is 0 Å². The van der Waals surface area contributed by atoms with Gasteiger partial charge in [-0.2, -0.15) is 0 Å². The van der Waals surface area contributed by atoms with Gasteiger partial charge in [-0.05, 0) is 52.9 Å². The molecule has 5 nitrogen and oxygen atoms in total. The zero-order valence-corrected chi connectivity index (χ0v) is 20.8. The van der Waals surface area contributed by atoms with Gasteiger partial charge in [0.1, 0.15) is 23.3 Å². The Kier molecular flexibility index (Phi) is 7.06. The van der Waals surface area contributed by atoms with Crippen molar-refractivity contribution in [3.63, 3.8) is 0 Å². The van der Waals surface area contributed by atoms with Crippen LogP contribution in [0.4, 0.5) is 13.2 Å². The molecule has 1 aromatic heterocycles. The number of sulfone groups is 1. The topological polar surface area (TPSA) is 72.2 Å². The lowest BCUT2D eigenvalue weighted by molar-refractivity contribution is 0.272. The highest BCUT2D eigenvalue weighted by Gasteiger charge is 2.21. The minimum atomic E-state index is -3.84. The first-order valence-corrected chi connectivity index (χ1v) is 13.1. The van der Waals surface area contributed by atoms with Gasteiger partial charge in [0, 0.05) is 24.4 Å². The minimum Gasteiger partial charge on any atom is -0.392 e. The zero-order valence-electron chi connectivity index (χ0n) is 20.0. The molecular weight excluding hydrogens is 489 g/mol. The van der Waals surface area contributed by atoms with E-state index < -0.39 is 28.1 Å². The molecule has 0 atom stereocenters. The number of halogens is 3. The third kappa shape index (κ3) is 5.08. The average molecular weight is 515 g/mol. The summed E-state index contributed by atoms with van der Waals surface area (Å²) >= 11 is 0. The summed E-state index contributed by atoms with van der Waals surface area (Å²) in [6.45, 7) is 3.11. The maximum absolute atomic E-state index is 15.4. The first-order valence-electron chi connectivity index (χ1n) is 11.2. The summed E-state index contributed by atoms with van der Waals surface area (Å²) in [5.74, 6) is -1.43. The largest absolute Gasteiger partial charge is 0.392 e. The smallest absolute Gasteiger partial charge is 0.176 e. The molecule has 0 bridgehead atoms. The number of hydrogen-bond donors (Lipinski definition) is 1. The first kappa shape index (κ1) is 25.7. The van der Waals surface area contributed by atoms with E-state index in [9.17, 15) is 22.3 Å². The van der Waals surface area contributed by atoms with Crippen LogP contribution in [-0.4, -0.2) is 29.3 Å². The van der Waals surface area contributed by atoms with Crippen molar-refractivity contribution in [2.24, 2.45) is 0 Å². The Morgan fingerprint density at radius 1 is 0.944 bits per heavy atom. The minimum absolute atomic E-state index is 0.0513. The van der Waals surface area contributed by atoms with Gasteiger partial charge in [-0.1, -0.05) is 38.1 Å². The second-order valence-corrected chi connectivity index (χ2v) is 10.9. The van der Waals surface area contributed by atoms with Gasteiger partial charge in [-0.15, -0.1) is 0 Å². The molecule has 0 radical (unpaired) electrons. The van der Waals surface area contributed by atoms with Crippen molar-refractivity contribution in [3.05, 3.63) is 101 Å². The third-order valence-electron chi connectivity index (χ3n) is 5.95. The fourth-order valence-corrected chi connectivity index (χ4v) is 4.96. The number of rotatable bonds is 7. The molecule has 0 aliphatic rings. The number of nitrogens with zero attached hydrogens (tertiary/aromatic N) is 2. The van der Waals surface area contributed by atoms with Gasteiger partial charge in [0.05, 0.1) is 22.9 Å². The van der Waals surface area contributed by atoms with Gasteiger partial charge >= 0.3 is 0 Å². The summed E-state index contributed by atoms with van der Waals surface area (Å²) in [6, 6.07) is 12.8. The van der Waals surface area contributed by atoms with Crippen LogP contribution >= 0.6 is 0 Å². The summed E-state index contributed by atoms with van der Waals surface area (Å²) in [7, 11) is -3.84. The van der Waals surface area contributed by atoms with Crippen LogP contribution in [0.1, 0.15) is 42.4 Å². The Hall–Kier alpha value is -3.43. The molecule has 36 heavy (non-hydrogen) atoms. The van der Waals surface area contributed by atoms with Crippen LogP contribution < -0.4 is 0 Å². The molecule has 0 aliphatic carbocycles. The van der Waals surface area contributed by atoms with Crippen LogP contribution in [0.15, 0.2) is 65.7 Å². The molecule has 4 aromatic rings. The van der Waals surface area contributed by atoms with Crippen molar-refractivity contribution in [2.75, 3.05) is 6.26 Å². The molecule has 188 valence electrons. The van der Waals surface area contributed by atoms with E-state index in [1.54, 1.807) is 35.0 Å². The maximum Gasteiger partial charge on any atom is 0.176 e. The van der Waals surface area contributed by atoms with Gasteiger partial charge in [-0.25, -0.2) is 26.6 Å². The molecule has 0 unspecified atom stereocenters. The molecule has 4 rings (SSSR count). The average Bonchev–Trinajstić information content (AvgIpc) is 3.23. The fourth-order valence-electron chi connectivity index (χ4n) is 4.01. The number of imidazole rings is 1. The predicted octanol–water partition coefficient (Wildman–Crippen LogP) is 5.57. The van der Waals surface area contributed by atoms with E-state index in [1.807, 2.05) is 13.8 Å². The van der Waals surface area contributed by atoms with Crippen LogP contribution in [0.5, 0.6) is 0 Å². The van der Waals surface area contributed by atoms with Gasteiger partial charge in [0.25, 0.3) is 0 Å². The molecule has 1 N–H and O–H groups in total. The Morgan fingerprint density at radius 3 is 2.25 bits per heavy atom. The van der Waals surface area contributed by atoms with Crippen molar-refractivity contribution >= 4 is 9.84 Å². The Bertz CT molecular complexity index is 1550. The molecule has 1 heterocycles. The number of aromatic nitrogens is 2. The molecule has 9 heteroatoms. The maximum atomic E-state index is 15.4. The van der Waals surface area contributed by atoms with E-state index >= 15 is 4.39 Å². The number of aliphatic hydroxyl groups excluding tert-OH is 1. The van der Waals surface area contributed by atoms with Gasteiger partial charge in [0.15, 0.2) is 9.84 Å². The highest BCUT2D eigenvalue weighted by Crippen LogP contribution is 2.31. The Labute approximate surface area is 207 Å². The second kappa shape index (κ2) is 9.91. The highest BCUT2D eigenvalue weighted by atomic mass is 32.2. The van der Waals surface area contributed by atoms with Crippen LogP contribution in [0, 0.1) is 17.5 Å². The Balaban J connectivity index is 1.80. The molecule has 0 saturated carbocycles. The molecule has 0 saturated heterocycles. The van der Waals surface area contributed by atoms with E-state index in [1.165, 1.54) is 24.3 Å². The standard InChI is InChI=1S/C27H25F3N2O3S/c1-16(2)24-14-32(27(31-24)13-18-6-4-5-7-21(18)28)25-9-8-17(10-23(25)30)19-11-22(29)20(15-33)26(12-19)36(3,34)35/h4-12,14,16,33H,13,15H2,1-3H3. The molecule has 0 spiro atoms. The van der Waals surface area contributed by atoms with Crippen LogP contribution in [0.25, 0.3) is 16.8 Å². The lowest BCUT2D eigenvalue weighted by Gasteiger charge is -2.13. The summed E-state index contributed by atoms with van der Waals surface area (Å²) in [4.78, 5) is 4.25. The number of hydrogen-bond acceptors (Lipinski definition) is 4. The monoisotopic (exact) mass is 514 g/mol. The first-order chi connectivity index (χ1) is 17.0. The highest BCUT2D eigenvalue weighted by molar-refractivity contribution is 7.90. The second-order valence-electron chi connectivity index (χ2n) is 8.91. The predicted molar refractivity (Wildman–Crippen MR) is 131 cm³/mol. The molecule has 0 aliphatic heterocycles. The summed E-state index contributed by atoms with van der Waals surface area (Å²) in [5.41, 5.74) is 1.37.